The van der Waals surface area contributed by atoms with Crippen molar-refractivity contribution in [3.63, 3.8) is 0 Å². The lowest BCUT2D eigenvalue weighted by atomic mass is 10.2. The van der Waals surface area contributed by atoms with Crippen LogP contribution in [0.3, 0.4) is 0 Å². The van der Waals surface area contributed by atoms with Crippen LogP contribution in [0.15, 0.2) is 24.3 Å². The second-order valence-corrected chi connectivity index (χ2v) is 6.04. The number of carbonyl (C=O) groups is 1. The Hall–Kier alpha value is -1.88. The molecule has 0 saturated carbocycles. The molecule has 1 saturated heterocycles. The van der Waals surface area contributed by atoms with Gasteiger partial charge in [0, 0.05) is 18.7 Å². The van der Waals surface area contributed by atoms with Crippen LogP contribution in [0.5, 0.6) is 5.75 Å². The first-order valence-electron chi connectivity index (χ1n) is 7.19. The fourth-order valence-electron chi connectivity index (χ4n) is 2.24. The number of nitrogens with zero attached hydrogens (tertiary/aromatic N) is 2. The van der Waals surface area contributed by atoms with Gasteiger partial charge in [-0.15, -0.1) is 11.3 Å². The summed E-state index contributed by atoms with van der Waals surface area (Å²) >= 11 is 1.47. The molecule has 2 heterocycles. The van der Waals surface area contributed by atoms with Crippen LogP contribution in [0.4, 0.5) is 0 Å². The summed E-state index contributed by atoms with van der Waals surface area (Å²) < 4.78 is 5.44. The van der Waals surface area contributed by atoms with Gasteiger partial charge in [0.1, 0.15) is 15.6 Å². The highest BCUT2D eigenvalue weighted by atomic mass is 32.1. The van der Waals surface area contributed by atoms with Crippen LogP contribution >= 0.6 is 11.3 Å². The van der Waals surface area contributed by atoms with E-state index in [1.807, 2.05) is 43.0 Å². The van der Waals surface area contributed by atoms with Gasteiger partial charge >= 0.3 is 0 Å². The van der Waals surface area contributed by atoms with Crippen LogP contribution in [0.1, 0.15) is 28.7 Å². The highest BCUT2D eigenvalue weighted by Gasteiger charge is 2.25. The van der Waals surface area contributed by atoms with Crippen LogP contribution in [-0.2, 0) is 0 Å². The first-order valence-corrected chi connectivity index (χ1v) is 8.00. The van der Waals surface area contributed by atoms with Crippen molar-refractivity contribution < 1.29 is 9.53 Å². The summed E-state index contributed by atoms with van der Waals surface area (Å²) in [5.74, 6) is 0.972. The lowest BCUT2D eigenvalue weighted by Gasteiger charge is -2.30. The maximum atomic E-state index is 12.3. The van der Waals surface area contributed by atoms with E-state index < -0.39 is 0 Å². The molecule has 3 rings (SSSR count). The minimum absolute atomic E-state index is 0.119. The summed E-state index contributed by atoms with van der Waals surface area (Å²) in [6.07, 6.45) is 1.11. The molecule has 1 aromatic carbocycles. The number of hydrogen-bond acceptors (Lipinski definition) is 4. The second-order valence-electron chi connectivity index (χ2n) is 5.04. The Labute approximate surface area is 128 Å². The number of carbonyl (C=O) groups excluding carboxylic acids is 1. The van der Waals surface area contributed by atoms with Crippen molar-refractivity contribution in [2.75, 3.05) is 19.7 Å². The first kappa shape index (κ1) is 14.1. The molecule has 1 aliphatic heterocycles. The summed E-state index contributed by atoms with van der Waals surface area (Å²) in [4.78, 5) is 19.5. The molecule has 1 aromatic heterocycles. The SMILES string of the molecule is CCOc1ccc(-c2nc(C)c(C(=O)N3CCC3)s2)cc1. The molecule has 0 bridgehead atoms. The van der Waals surface area contributed by atoms with Crippen LogP contribution in [0, 0.1) is 6.92 Å². The zero-order chi connectivity index (χ0) is 14.8. The van der Waals surface area contributed by atoms with Crippen molar-refractivity contribution in [3.05, 3.63) is 34.8 Å². The fraction of sp³-hybridized carbons (Fsp3) is 0.375. The number of likely N-dealkylation sites (tertiary alicyclic amines) is 1. The molecule has 1 amide bonds. The molecular weight excluding hydrogens is 284 g/mol. The fourth-order valence-corrected chi connectivity index (χ4v) is 3.28. The Kier molecular flexibility index (Phi) is 3.92. The largest absolute Gasteiger partial charge is 0.494 e. The molecule has 1 fully saturated rings. The molecule has 0 unspecified atom stereocenters. The van der Waals surface area contributed by atoms with E-state index in [0.29, 0.717) is 6.61 Å². The van der Waals surface area contributed by atoms with E-state index in [0.717, 1.165) is 46.4 Å². The van der Waals surface area contributed by atoms with Gasteiger partial charge in [-0.1, -0.05) is 0 Å². The topological polar surface area (TPSA) is 42.4 Å². The van der Waals surface area contributed by atoms with Gasteiger partial charge in [0.15, 0.2) is 0 Å². The molecule has 0 atom stereocenters. The number of aromatic nitrogens is 1. The van der Waals surface area contributed by atoms with E-state index in [9.17, 15) is 4.79 Å². The quantitative estimate of drug-likeness (QED) is 0.869. The minimum Gasteiger partial charge on any atom is -0.494 e. The summed E-state index contributed by atoms with van der Waals surface area (Å²) in [7, 11) is 0. The van der Waals surface area contributed by atoms with Gasteiger partial charge in [-0.2, -0.15) is 0 Å². The van der Waals surface area contributed by atoms with Gasteiger partial charge in [0.25, 0.3) is 5.91 Å². The predicted molar refractivity (Wildman–Crippen MR) is 84.0 cm³/mol. The highest BCUT2D eigenvalue weighted by Crippen LogP contribution is 2.30. The monoisotopic (exact) mass is 302 g/mol. The predicted octanol–water partition coefficient (Wildman–Crippen LogP) is 3.36. The average Bonchev–Trinajstić information content (AvgIpc) is 2.80. The van der Waals surface area contributed by atoms with Gasteiger partial charge in [-0.3, -0.25) is 4.79 Å². The third kappa shape index (κ3) is 2.78. The standard InChI is InChI=1S/C16H18N2O2S/c1-3-20-13-7-5-12(6-8-13)15-17-11(2)14(21-15)16(19)18-9-4-10-18/h5-8H,3-4,9-10H2,1-2H3. The van der Waals surface area contributed by atoms with E-state index in [-0.39, 0.29) is 5.91 Å². The number of aryl methyl sites for hydroxylation is 1. The van der Waals surface area contributed by atoms with Gasteiger partial charge in [0.05, 0.1) is 12.3 Å². The van der Waals surface area contributed by atoms with Crippen molar-refractivity contribution in [2.24, 2.45) is 0 Å². The molecule has 0 spiro atoms. The van der Waals surface area contributed by atoms with Crippen molar-refractivity contribution >= 4 is 17.2 Å². The van der Waals surface area contributed by atoms with E-state index >= 15 is 0 Å². The Balaban J connectivity index is 1.84. The number of hydrogen-bond donors (Lipinski definition) is 0. The van der Waals surface area contributed by atoms with Gasteiger partial charge in [-0.25, -0.2) is 4.98 Å². The second kappa shape index (κ2) is 5.85. The minimum atomic E-state index is 0.119. The average molecular weight is 302 g/mol. The lowest BCUT2D eigenvalue weighted by Crippen LogP contribution is -2.41. The van der Waals surface area contributed by atoms with Crippen LogP contribution < -0.4 is 4.74 Å². The van der Waals surface area contributed by atoms with Crippen LogP contribution in [-0.4, -0.2) is 35.5 Å². The number of rotatable bonds is 4. The third-order valence-electron chi connectivity index (χ3n) is 3.55. The molecule has 0 radical (unpaired) electrons. The molecule has 0 N–H and O–H groups in total. The lowest BCUT2D eigenvalue weighted by molar-refractivity contribution is 0.0656. The van der Waals surface area contributed by atoms with Crippen molar-refractivity contribution in [1.29, 1.82) is 0 Å². The number of thiazole rings is 1. The molecular formula is C16H18N2O2S. The zero-order valence-corrected chi connectivity index (χ0v) is 13.1. The summed E-state index contributed by atoms with van der Waals surface area (Å²) in [5, 5.41) is 0.888. The van der Waals surface area contributed by atoms with Gasteiger partial charge in [-0.05, 0) is 44.5 Å². The normalized spacial score (nSPS) is 13.9. The molecule has 5 heteroatoms. The maximum absolute atomic E-state index is 12.3. The van der Waals surface area contributed by atoms with E-state index in [2.05, 4.69) is 4.98 Å². The Morgan fingerprint density at radius 1 is 1.33 bits per heavy atom. The Bertz CT molecular complexity index is 645. The Morgan fingerprint density at radius 3 is 2.62 bits per heavy atom. The smallest absolute Gasteiger partial charge is 0.265 e. The molecule has 1 aliphatic rings. The van der Waals surface area contributed by atoms with Gasteiger partial charge < -0.3 is 9.64 Å². The molecule has 4 nitrogen and oxygen atoms in total. The summed E-state index contributed by atoms with van der Waals surface area (Å²) in [6, 6.07) is 7.85. The van der Waals surface area contributed by atoms with E-state index in [4.69, 9.17) is 4.74 Å². The maximum Gasteiger partial charge on any atom is 0.265 e. The summed E-state index contributed by atoms with van der Waals surface area (Å²) in [5.41, 5.74) is 1.84. The van der Waals surface area contributed by atoms with E-state index in [1.54, 1.807) is 0 Å². The van der Waals surface area contributed by atoms with Crippen molar-refractivity contribution in [1.82, 2.24) is 9.88 Å². The zero-order valence-electron chi connectivity index (χ0n) is 12.3. The molecule has 110 valence electrons. The van der Waals surface area contributed by atoms with Crippen LogP contribution in [0.25, 0.3) is 10.6 Å². The van der Waals surface area contributed by atoms with Crippen molar-refractivity contribution in [2.45, 2.75) is 20.3 Å². The number of ether oxygens (including phenoxy) is 1. The molecule has 21 heavy (non-hydrogen) atoms. The van der Waals surface area contributed by atoms with Crippen molar-refractivity contribution in [3.8, 4) is 16.3 Å². The number of amides is 1. The third-order valence-corrected chi connectivity index (χ3v) is 4.74. The molecule has 0 aliphatic carbocycles. The van der Waals surface area contributed by atoms with Gasteiger partial charge in [0.2, 0.25) is 0 Å². The molecule has 2 aromatic rings. The van der Waals surface area contributed by atoms with E-state index in [1.165, 1.54) is 11.3 Å². The van der Waals surface area contributed by atoms with Crippen LogP contribution in [0.2, 0.25) is 0 Å². The first-order chi connectivity index (χ1) is 10.2. The summed E-state index contributed by atoms with van der Waals surface area (Å²) in [6.45, 7) is 6.26. The number of benzene rings is 1. The Morgan fingerprint density at radius 2 is 2.05 bits per heavy atom. The highest BCUT2D eigenvalue weighted by molar-refractivity contribution is 7.17.